The van der Waals surface area contributed by atoms with Gasteiger partial charge in [0.15, 0.2) is 0 Å². The van der Waals surface area contributed by atoms with Crippen LogP contribution in [0.4, 0.5) is 14.5 Å². The summed E-state index contributed by atoms with van der Waals surface area (Å²) in [6, 6.07) is 18.9. The predicted molar refractivity (Wildman–Crippen MR) is 151 cm³/mol. The Hall–Kier alpha value is -2.30. The number of anilines is 1. The van der Waals surface area contributed by atoms with Crippen molar-refractivity contribution in [1.82, 2.24) is 9.62 Å². The molecule has 0 spiro atoms. The molecule has 0 amide bonds. The summed E-state index contributed by atoms with van der Waals surface area (Å²) in [6.07, 6.45) is 5.79. The van der Waals surface area contributed by atoms with Crippen molar-refractivity contribution in [3.05, 3.63) is 89.5 Å². The lowest BCUT2D eigenvalue weighted by Crippen LogP contribution is -2.35. The number of nitrogens with zero attached hydrogens (tertiary/aromatic N) is 1. The molecule has 9 heteroatoms. The van der Waals surface area contributed by atoms with Crippen LogP contribution in [0.15, 0.2) is 76.5 Å². The Morgan fingerprint density at radius 3 is 2.26 bits per heavy atom. The van der Waals surface area contributed by atoms with E-state index in [0.29, 0.717) is 17.2 Å². The fourth-order valence-corrected chi connectivity index (χ4v) is 6.18. The van der Waals surface area contributed by atoms with E-state index in [1.165, 1.54) is 12.1 Å². The molecule has 38 heavy (non-hydrogen) atoms. The summed E-state index contributed by atoms with van der Waals surface area (Å²) in [6.45, 7) is 3.82. The lowest BCUT2D eigenvalue weighted by Gasteiger charge is -2.33. The number of hydrogen-bond acceptors (Lipinski definition) is 6. The van der Waals surface area contributed by atoms with Crippen molar-refractivity contribution in [3.63, 3.8) is 0 Å². The minimum absolute atomic E-state index is 0.138. The second-order valence-corrected chi connectivity index (χ2v) is 12.1. The Morgan fingerprint density at radius 1 is 1.00 bits per heavy atom. The number of nitrogens with one attached hydrogen (secondary N) is 2. The van der Waals surface area contributed by atoms with Gasteiger partial charge in [0.1, 0.15) is 11.6 Å². The molecule has 1 saturated heterocycles. The van der Waals surface area contributed by atoms with Crippen LogP contribution in [0.1, 0.15) is 42.7 Å². The molecular formula is C29H35F2N3O2S2. The van der Waals surface area contributed by atoms with Crippen molar-refractivity contribution >= 4 is 28.4 Å². The first-order chi connectivity index (χ1) is 18.4. The smallest absolute Gasteiger partial charge is 0.126 e. The van der Waals surface area contributed by atoms with Crippen molar-refractivity contribution in [3.8, 4) is 0 Å². The van der Waals surface area contributed by atoms with Gasteiger partial charge in [0.05, 0.1) is 5.69 Å². The topological polar surface area (TPSA) is 64.6 Å². The van der Waals surface area contributed by atoms with Gasteiger partial charge in [-0.1, -0.05) is 12.1 Å². The van der Waals surface area contributed by atoms with Gasteiger partial charge in [-0.15, -0.1) is 0 Å². The molecule has 0 bridgehead atoms. The molecule has 1 fully saturated rings. The maximum absolute atomic E-state index is 14.1. The van der Waals surface area contributed by atoms with E-state index in [-0.39, 0.29) is 5.92 Å². The van der Waals surface area contributed by atoms with Crippen LogP contribution >= 0.6 is 11.9 Å². The third-order valence-corrected chi connectivity index (χ3v) is 8.96. The van der Waals surface area contributed by atoms with E-state index in [1.54, 1.807) is 18.2 Å². The van der Waals surface area contributed by atoms with Gasteiger partial charge in [-0.25, -0.2) is 8.78 Å². The highest BCUT2D eigenvalue weighted by Crippen LogP contribution is 2.31. The second-order valence-electron chi connectivity index (χ2n) is 9.77. The quantitative estimate of drug-likeness (QED) is 0.135. The highest BCUT2D eigenvalue weighted by molar-refractivity contribution is 7.97. The van der Waals surface area contributed by atoms with Crippen LogP contribution in [0.3, 0.4) is 0 Å². The normalized spacial score (nSPS) is 16.3. The van der Waals surface area contributed by atoms with Crippen molar-refractivity contribution in [2.45, 2.75) is 41.4 Å². The van der Waals surface area contributed by atoms with Crippen molar-refractivity contribution in [2.24, 2.45) is 5.92 Å². The molecule has 3 N–H and O–H groups in total. The van der Waals surface area contributed by atoms with E-state index in [2.05, 4.69) is 15.1 Å². The van der Waals surface area contributed by atoms with Gasteiger partial charge in [-0.2, -0.15) is 0 Å². The number of rotatable bonds is 12. The van der Waals surface area contributed by atoms with Gasteiger partial charge < -0.3 is 4.90 Å². The van der Waals surface area contributed by atoms with Crippen LogP contribution in [0.25, 0.3) is 0 Å². The average molecular weight is 560 g/mol. The molecule has 1 heterocycles. The fourth-order valence-electron chi connectivity index (χ4n) is 5.00. The molecule has 2 atom stereocenters. The zero-order chi connectivity index (χ0) is 26.9. The Bertz CT molecular complexity index is 1170. The molecule has 1 aliphatic rings. The summed E-state index contributed by atoms with van der Waals surface area (Å²) >= 11 is 1.60. The Balaban J connectivity index is 1.27. The lowest BCUT2D eigenvalue weighted by molar-refractivity contribution is 0.176. The summed E-state index contributed by atoms with van der Waals surface area (Å²) in [7, 11) is -1.07. The molecule has 0 aromatic heterocycles. The van der Waals surface area contributed by atoms with Crippen LogP contribution in [0, 0.1) is 17.6 Å². The average Bonchev–Trinajstić information content (AvgIpc) is 2.92. The first kappa shape index (κ1) is 28.7. The minimum Gasteiger partial charge on any atom is -0.303 e. The molecule has 3 aromatic rings. The Morgan fingerprint density at radius 2 is 1.66 bits per heavy atom. The number of halogens is 2. The van der Waals surface area contributed by atoms with E-state index in [1.807, 2.05) is 48.5 Å². The summed E-state index contributed by atoms with van der Waals surface area (Å²) in [4.78, 5) is 4.29. The maximum Gasteiger partial charge on any atom is 0.126 e. The highest BCUT2D eigenvalue weighted by Gasteiger charge is 2.22. The zero-order valence-electron chi connectivity index (χ0n) is 21.5. The Kier molecular flexibility index (Phi) is 10.7. The first-order valence-electron chi connectivity index (χ1n) is 12.9. The summed E-state index contributed by atoms with van der Waals surface area (Å²) in [5, 5.41) is 8.90. The fraction of sp³-hybridized carbons (Fsp3) is 0.379. The van der Waals surface area contributed by atoms with Gasteiger partial charge in [0.2, 0.25) is 0 Å². The molecule has 204 valence electrons. The van der Waals surface area contributed by atoms with Gasteiger partial charge in [-0.3, -0.25) is 19.6 Å². The largest absolute Gasteiger partial charge is 0.303 e. The predicted octanol–water partition coefficient (Wildman–Crippen LogP) is 6.42. The molecule has 2 unspecified atom stereocenters. The molecule has 0 aliphatic carbocycles. The first-order valence-corrected chi connectivity index (χ1v) is 15.3. The molecule has 4 rings (SSSR count). The number of piperidine rings is 1. The molecule has 0 radical (unpaired) electrons. The van der Waals surface area contributed by atoms with E-state index in [0.717, 1.165) is 73.3 Å². The van der Waals surface area contributed by atoms with Gasteiger partial charge in [0.25, 0.3) is 0 Å². The van der Waals surface area contributed by atoms with Crippen LogP contribution in [-0.4, -0.2) is 46.8 Å². The molecule has 0 saturated carbocycles. The number of likely N-dealkylation sites (tertiary alicyclic amines) is 1. The van der Waals surface area contributed by atoms with E-state index in [4.69, 9.17) is 5.21 Å². The van der Waals surface area contributed by atoms with Crippen LogP contribution in [-0.2, 0) is 10.8 Å². The molecular weight excluding hydrogens is 524 g/mol. The summed E-state index contributed by atoms with van der Waals surface area (Å²) in [5.41, 5.74) is 4.41. The SMILES string of the molecule is CS(=O)c1ccc(C(CCN2CCC(CCNSc3ccc(NO)cc3)CC2)c2cc(F)cc(F)c2)cc1. The lowest BCUT2D eigenvalue weighted by atomic mass is 9.87. The number of hydrogen-bond donors (Lipinski definition) is 3. The second kappa shape index (κ2) is 14.2. The Labute approximate surface area is 230 Å². The monoisotopic (exact) mass is 559 g/mol. The van der Waals surface area contributed by atoms with Gasteiger partial charge >= 0.3 is 0 Å². The van der Waals surface area contributed by atoms with Gasteiger partial charge in [0, 0.05) is 45.4 Å². The van der Waals surface area contributed by atoms with E-state index < -0.39 is 22.4 Å². The number of benzene rings is 3. The molecule has 1 aliphatic heterocycles. The zero-order valence-corrected chi connectivity index (χ0v) is 23.2. The van der Waals surface area contributed by atoms with Gasteiger partial charge in [-0.05, 0) is 123 Å². The van der Waals surface area contributed by atoms with Crippen LogP contribution in [0.2, 0.25) is 0 Å². The molecule has 5 nitrogen and oxygen atoms in total. The summed E-state index contributed by atoms with van der Waals surface area (Å²) in [5.74, 6) is -0.595. The van der Waals surface area contributed by atoms with Crippen molar-refractivity contribution in [1.29, 1.82) is 0 Å². The summed E-state index contributed by atoms with van der Waals surface area (Å²) < 4.78 is 43.4. The highest BCUT2D eigenvalue weighted by atomic mass is 32.2. The van der Waals surface area contributed by atoms with Crippen LogP contribution < -0.4 is 10.2 Å². The van der Waals surface area contributed by atoms with Crippen molar-refractivity contribution in [2.75, 3.05) is 37.9 Å². The van der Waals surface area contributed by atoms with E-state index in [9.17, 15) is 13.0 Å². The third kappa shape index (κ3) is 8.35. The third-order valence-electron chi connectivity index (χ3n) is 7.17. The maximum atomic E-state index is 14.1. The van der Waals surface area contributed by atoms with E-state index >= 15 is 0 Å². The minimum atomic E-state index is -1.07. The standard InChI is InChI=1S/C29H35F2N3O2S2/c1-38(36)28-8-2-22(3-9-28)29(23-18-24(30)20-25(31)19-23)13-17-34-15-11-21(12-16-34)10-14-32-37-27-6-4-26(33-35)5-7-27/h2-9,18-21,29,32-33,35H,10-17H2,1H3. The van der Waals surface area contributed by atoms with Crippen LogP contribution in [0.5, 0.6) is 0 Å². The van der Waals surface area contributed by atoms with Crippen molar-refractivity contribution < 1.29 is 18.2 Å². The molecule has 3 aromatic carbocycles.